The molecule has 1 unspecified atom stereocenters. The molecule has 4 aromatic carbocycles. The average Bonchev–Trinajstić information content (AvgIpc) is 3.02. The van der Waals surface area contributed by atoms with E-state index in [4.69, 9.17) is 0 Å². The third-order valence-electron chi connectivity index (χ3n) is 8.98. The topological polar surface area (TPSA) is 60.7 Å². The number of rotatable bonds is 14. The smallest absolute Gasteiger partial charge is 0.507 e. The van der Waals surface area contributed by atoms with Gasteiger partial charge in [0.25, 0.3) is 0 Å². The van der Waals surface area contributed by atoms with Gasteiger partial charge in [0.05, 0.1) is 0 Å². The van der Waals surface area contributed by atoms with E-state index in [1.807, 2.05) is 20.8 Å². The van der Waals surface area contributed by atoms with Crippen LogP contribution < -0.4 is 15.9 Å². The van der Waals surface area contributed by atoms with Crippen LogP contribution in [-0.2, 0) is 6.42 Å². The molecule has 0 saturated heterocycles. The Morgan fingerprint density at radius 2 is 0.976 bits per heavy atom. The molecule has 0 heterocycles. The van der Waals surface area contributed by atoms with Gasteiger partial charge in [-0.25, -0.2) is 0 Å². The molecule has 0 aliphatic rings. The first-order chi connectivity index (χ1) is 19.9. The maximum absolute atomic E-state index is 10.6. The summed E-state index contributed by atoms with van der Waals surface area (Å²) in [6, 6.07) is 33.4. The van der Waals surface area contributed by atoms with Gasteiger partial charge in [-0.2, -0.15) is 0 Å². The molecule has 3 nitrogen and oxygen atoms in total. The van der Waals surface area contributed by atoms with Gasteiger partial charge < -0.3 is 10.2 Å². The molecular formula is C37H47O3P. The van der Waals surface area contributed by atoms with Crippen LogP contribution >= 0.6 is 7.26 Å². The number of hydrogen-bond acceptors (Lipinski definition) is 3. The van der Waals surface area contributed by atoms with Crippen LogP contribution in [0.2, 0.25) is 0 Å². The molecule has 4 rings (SSSR count). The second kappa shape index (κ2) is 14.7. The van der Waals surface area contributed by atoms with Crippen LogP contribution in [0.5, 0.6) is 11.5 Å². The van der Waals surface area contributed by atoms with E-state index in [0.29, 0.717) is 12.8 Å². The predicted molar refractivity (Wildman–Crippen MR) is 177 cm³/mol. The van der Waals surface area contributed by atoms with E-state index in [1.165, 1.54) is 41.3 Å². The van der Waals surface area contributed by atoms with Crippen LogP contribution in [0.15, 0.2) is 91.0 Å². The van der Waals surface area contributed by atoms with Crippen molar-refractivity contribution in [2.45, 2.75) is 78.2 Å². The minimum Gasteiger partial charge on any atom is -0.507 e. The molecule has 0 fully saturated rings. The molecule has 0 amide bonds. The van der Waals surface area contributed by atoms with Gasteiger partial charge in [0.15, 0.2) is 0 Å². The molecular weight excluding hydrogens is 523 g/mol. The minimum absolute atomic E-state index is 0.253. The Kier molecular flexibility index (Phi) is 11.0. The zero-order valence-corrected chi connectivity index (χ0v) is 25.9. The van der Waals surface area contributed by atoms with Gasteiger partial charge >= 0.3 is 200 Å². The molecule has 41 heavy (non-hydrogen) atoms. The van der Waals surface area contributed by atoms with Crippen molar-refractivity contribution < 1.29 is 15.3 Å². The van der Waals surface area contributed by atoms with Crippen molar-refractivity contribution in [3.8, 4) is 11.5 Å². The molecule has 0 spiro atoms. The number of aliphatic hydroxyl groups is 1. The van der Waals surface area contributed by atoms with Gasteiger partial charge in [0.1, 0.15) is 5.75 Å². The monoisotopic (exact) mass is 570 g/mol. The second-order valence-electron chi connectivity index (χ2n) is 11.6. The molecule has 0 aliphatic carbocycles. The summed E-state index contributed by atoms with van der Waals surface area (Å²) < 4.78 is 0. The quantitative estimate of drug-likeness (QED) is 0.0842. The first kappa shape index (κ1) is 30.8. The standard InChI is InChI=1S/C37H47O3P/c1-28-29(2)37(40)35(30(3)36(28)39)26-25-31(38)18-10-5-4-6-17-27-41(32-19-11-7-12-20-32,33-21-13-8-14-22-33)34-23-15-9-16-24-34/h7-9,11-16,19-24,31,38-41H,4-6,10,17-18,25-27H2,1-3H3. The summed E-state index contributed by atoms with van der Waals surface area (Å²) in [6.45, 7) is 5.49. The Balaban J connectivity index is 1.31. The molecule has 0 saturated carbocycles. The van der Waals surface area contributed by atoms with Crippen LogP contribution in [-0.4, -0.2) is 27.6 Å². The molecule has 218 valence electrons. The zero-order valence-electron chi connectivity index (χ0n) is 24.9. The molecule has 4 aromatic rings. The fraction of sp³-hybridized carbons (Fsp3) is 0.351. The molecule has 0 radical (unpaired) electrons. The third-order valence-corrected chi connectivity index (χ3v) is 14.0. The zero-order chi connectivity index (χ0) is 29.2. The van der Waals surface area contributed by atoms with Gasteiger partial charge in [-0.05, 0) is 31.9 Å². The van der Waals surface area contributed by atoms with E-state index in [2.05, 4.69) is 91.0 Å². The molecule has 1 atom stereocenters. The van der Waals surface area contributed by atoms with Gasteiger partial charge in [0.2, 0.25) is 0 Å². The first-order valence-electron chi connectivity index (χ1n) is 15.2. The summed E-state index contributed by atoms with van der Waals surface area (Å²) in [5, 5.41) is 36.0. The predicted octanol–water partition coefficient (Wildman–Crippen LogP) is 7.38. The Hall–Kier alpha value is -3.13. The molecule has 4 heteroatoms. The number of unbranched alkanes of at least 4 members (excludes halogenated alkanes) is 4. The van der Waals surface area contributed by atoms with E-state index in [0.717, 1.165) is 41.5 Å². The van der Waals surface area contributed by atoms with Gasteiger partial charge in [-0.3, -0.25) is 0 Å². The van der Waals surface area contributed by atoms with Crippen LogP contribution in [0, 0.1) is 20.8 Å². The fourth-order valence-electron chi connectivity index (χ4n) is 6.35. The summed E-state index contributed by atoms with van der Waals surface area (Å²) >= 11 is 0. The number of phenols is 2. The maximum atomic E-state index is 10.6. The fourth-order valence-corrected chi connectivity index (χ4v) is 11.3. The number of aliphatic hydroxyl groups excluding tert-OH is 1. The van der Waals surface area contributed by atoms with Crippen molar-refractivity contribution in [2.24, 2.45) is 0 Å². The van der Waals surface area contributed by atoms with E-state index < -0.39 is 13.4 Å². The van der Waals surface area contributed by atoms with Crippen LogP contribution in [0.25, 0.3) is 0 Å². The van der Waals surface area contributed by atoms with Gasteiger partial charge in [0, 0.05) is 0 Å². The van der Waals surface area contributed by atoms with Gasteiger partial charge in [-0.15, -0.1) is 0 Å². The van der Waals surface area contributed by atoms with Crippen molar-refractivity contribution in [1.29, 1.82) is 0 Å². The normalized spacial score (nSPS) is 12.8. The summed E-state index contributed by atoms with van der Waals surface area (Å²) in [4.78, 5) is 0. The van der Waals surface area contributed by atoms with Crippen molar-refractivity contribution >= 4 is 23.2 Å². The average molecular weight is 571 g/mol. The Morgan fingerprint density at radius 1 is 0.537 bits per heavy atom. The van der Waals surface area contributed by atoms with Crippen LogP contribution in [0.1, 0.15) is 67.2 Å². The van der Waals surface area contributed by atoms with E-state index in [9.17, 15) is 15.3 Å². The van der Waals surface area contributed by atoms with E-state index in [1.54, 1.807) is 0 Å². The first-order valence-corrected chi connectivity index (χ1v) is 17.4. The Morgan fingerprint density at radius 3 is 1.49 bits per heavy atom. The Bertz CT molecular complexity index is 1240. The number of phenolic OH excluding ortho intramolecular Hbond substituents is 2. The summed E-state index contributed by atoms with van der Waals surface area (Å²) in [7, 11) is -2.15. The summed E-state index contributed by atoms with van der Waals surface area (Å²) in [6.07, 6.45) is 8.37. The second-order valence-corrected chi connectivity index (χ2v) is 15.6. The van der Waals surface area contributed by atoms with E-state index >= 15 is 0 Å². The van der Waals surface area contributed by atoms with Gasteiger partial charge in [-0.1, -0.05) is 0 Å². The molecule has 0 aromatic heterocycles. The number of benzene rings is 4. The van der Waals surface area contributed by atoms with Crippen molar-refractivity contribution in [1.82, 2.24) is 0 Å². The number of aromatic hydroxyl groups is 2. The summed E-state index contributed by atoms with van der Waals surface area (Å²) in [5.41, 5.74) is 2.92. The van der Waals surface area contributed by atoms with Crippen LogP contribution in [0.3, 0.4) is 0 Å². The molecule has 3 N–H and O–H groups in total. The SMILES string of the molecule is Cc1c(C)c(O)c(CCC(O)CCCCCCC[PH](c2ccccc2)(c2ccccc2)c2ccccc2)c(C)c1O. The van der Waals surface area contributed by atoms with Crippen molar-refractivity contribution in [3.05, 3.63) is 113 Å². The van der Waals surface area contributed by atoms with Crippen molar-refractivity contribution in [2.75, 3.05) is 6.16 Å². The van der Waals surface area contributed by atoms with Crippen LogP contribution in [0.4, 0.5) is 0 Å². The van der Waals surface area contributed by atoms with Crippen molar-refractivity contribution in [3.63, 3.8) is 0 Å². The third kappa shape index (κ3) is 7.21. The molecule has 0 aliphatic heterocycles. The molecule has 0 bridgehead atoms. The Labute approximate surface area is 247 Å². The van der Waals surface area contributed by atoms with E-state index in [-0.39, 0.29) is 11.5 Å². The summed E-state index contributed by atoms with van der Waals surface area (Å²) in [5.74, 6) is 0.509. The minimum atomic E-state index is -2.15. The number of hydrogen-bond donors (Lipinski definition) is 3.